The Bertz CT molecular complexity index is 2680. The van der Waals surface area contributed by atoms with E-state index in [1.54, 1.807) is 7.11 Å². The molecule has 3 fully saturated rings. The van der Waals surface area contributed by atoms with Crippen LogP contribution in [0.3, 0.4) is 0 Å². The molecule has 3 saturated heterocycles. The Hall–Kier alpha value is -5.86. The average Bonchev–Trinajstić information content (AvgIpc) is 4.09. The van der Waals surface area contributed by atoms with Gasteiger partial charge in [0.15, 0.2) is 5.60 Å². The molecule has 0 saturated carbocycles. The lowest BCUT2D eigenvalue weighted by Crippen LogP contribution is -2.55. The van der Waals surface area contributed by atoms with Gasteiger partial charge in [0.2, 0.25) is 0 Å². The second-order valence-electron chi connectivity index (χ2n) is 20.4. The number of amides is 2. The quantitative estimate of drug-likeness (QED) is 0.0739. The molecule has 2 amide bonds. The fourth-order valence-electron chi connectivity index (χ4n) is 11.9. The lowest BCUT2D eigenvalue weighted by atomic mass is 9.82. The van der Waals surface area contributed by atoms with Crippen LogP contribution < -0.4 is 29.9 Å². The predicted molar refractivity (Wildman–Crippen MR) is 277 cm³/mol. The van der Waals surface area contributed by atoms with Crippen LogP contribution in [0.15, 0.2) is 133 Å². The van der Waals surface area contributed by atoms with Gasteiger partial charge < -0.3 is 29.7 Å². The molecule has 2 N–H and O–H groups in total. The van der Waals surface area contributed by atoms with E-state index < -0.39 is 19.2 Å². The summed E-state index contributed by atoms with van der Waals surface area (Å²) in [5.74, 6) is 0.281. The van der Waals surface area contributed by atoms with Gasteiger partial charge in [-0.3, -0.25) is 19.2 Å². The molecule has 4 aromatic carbocycles. The average molecular weight is 948 g/mol. The summed E-state index contributed by atoms with van der Waals surface area (Å²) in [6.45, 7) is 16.2. The molecule has 5 atom stereocenters. The Morgan fingerprint density at radius 1 is 0.928 bits per heavy atom. The first-order valence-electron chi connectivity index (χ1n) is 24.8. The Morgan fingerprint density at radius 2 is 1.64 bits per heavy atom. The molecule has 4 aliphatic rings. The van der Waals surface area contributed by atoms with Crippen LogP contribution in [0.5, 0.6) is 5.75 Å². The van der Waals surface area contributed by atoms with E-state index in [1.165, 1.54) is 16.3 Å². The van der Waals surface area contributed by atoms with Crippen LogP contribution in [0, 0.1) is 5.92 Å². The van der Waals surface area contributed by atoms with Crippen molar-refractivity contribution in [2.75, 3.05) is 54.7 Å². The van der Waals surface area contributed by atoms with Crippen LogP contribution in [0.2, 0.25) is 18.6 Å². The molecule has 1 aromatic heterocycles. The summed E-state index contributed by atoms with van der Waals surface area (Å²) in [7, 11) is -0.797. The van der Waals surface area contributed by atoms with E-state index in [4.69, 9.17) is 9.47 Å². The standard InChI is InChI=1S/C56H69N7O5Si/c1-39(2)15-14-16-40(3)27-34-61-50-26-21-44(62-38-63(43-19-12-9-13-20-43)55(53(62)65)29-31-57-32-30-55)35-48(50)56(54(61)66)41(4)52(69(6,7)46-24-22-45(67-5)23-25-46)51(68-56)28-33-60-36-49(58-59-60)47(37-64)42-17-10-8-11-18-42/h8-13,15,17-27,35-36,41,47,51-52,57,64H,14,16,28-34,37-38H2,1-7H3/b40-27+/t41-,47?,51+,52-,56+/m1/s1. The third-order valence-corrected chi connectivity index (χ3v) is 20.1. The maximum atomic E-state index is 15.9. The molecular weight excluding hydrogens is 879 g/mol. The van der Waals surface area contributed by atoms with Gasteiger partial charge in [0.05, 0.1) is 51.9 Å². The molecule has 1 unspecified atom stereocenters. The molecule has 69 heavy (non-hydrogen) atoms. The molecule has 12 nitrogen and oxygen atoms in total. The molecule has 362 valence electrons. The number of aliphatic hydroxyl groups is 1. The molecule has 0 aliphatic carbocycles. The number of para-hydroxylation sites is 1. The van der Waals surface area contributed by atoms with Crippen LogP contribution in [-0.2, 0) is 26.5 Å². The number of methoxy groups -OCH3 is 1. The monoisotopic (exact) mass is 948 g/mol. The van der Waals surface area contributed by atoms with Gasteiger partial charge in [-0.05, 0) is 120 Å². The van der Waals surface area contributed by atoms with Gasteiger partial charge in [0.1, 0.15) is 11.3 Å². The number of benzene rings is 4. The summed E-state index contributed by atoms with van der Waals surface area (Å²) in [6, 6.07) is 34.8. The Kier molecular flexibility index (Phi) is 13.9. The number of aryl methyl sites for hydroxylation is 1. The molecule has 0 radical (unpaired) electrons. The zero-order valence-corrected chi connectivity index (χ0v) is 42.4. The smallest absolute Gasteiger partial charge is 0.264 e. The highest BCUT2D eigenvalue weighted by molar-refractivity contribution is 6.91. The molecular formula is C56H69N7O5Si. The van der Waals surface area contributed by atoms with Gasteiger partial charge in [-0.25, -0.2) is 0 Å². The number of aliphatic hydroxyl groups excluding tert-OH is 1. The molecule has 5 heterocycles. The first-order valence-corrected chi connectivity index (χ1v) is 27.9. The highest BCUT2D eigenvalue weighted by Crippen LogP contribution is 2.60. The van der Waals surface area contributed by atoms with Crippen molar-refractivity contribution < 1.29 is 24.2 Å². The van der Waals surface area contributed by atoms with E-state index in [0.29, 0.717) is 44.7 Å². The highest BCUT2D eigenvalue weighted by Gasteiger charge is 2.66. The van der Waals surface area contributed by atoms with Crippen molar-refractivity contribution in [3.63, 3.8) is 0 Å². The van der Waals surface area contributed by atoms with Crippen molar-refractivity contribution in [3.05, 3.63) is 149 Å². The Balaban J connectivity index is 1.12. The number of carbonyl (C=O) groups excluding carboxylic acids is 2. The number of rotatable bonds is 16. The normalized spacial score (nSPS) is 22.8. The van der Waals surface area contributed by atoms with Crippen molar-refractivity contribution in [2.45, 2.75) is 108 Å². The number of ether oxygens (including phenoxy) is 2. The van der Waals surface area contributed by atoms with Gasteiger partial charge >= 0.3 is 0 Å². The maximum Gasteiger partial charge on any atom is 0.264 e. The largest absolute Gasteiger partial charge is 0.497 e. The van der Waals surface area contributed by atoms with Crippen LogP contribution in [0.25, 0.3) is 0 Å². The lowest BCUT2D eigenvalue weighted by Gasteiger charge is -2.39. The molecule has 13 heteroatoms. The third kappa shape index (κ3) is 8.87. The van der Waals surface area contributed by atoms with E-state index >= 15 is 9.59 Å². The first-order chi connectivity index (χ1) is 33.3. The first kappa shape index (κ1) is 48.2. The van der Waals surface area contributed by atoms with Gasteiger partial charge in [0.25, 0.3) is 11.8 Å². The summed E-state index contributed by atoms with van der Waals surface area (Å²) >= 11 is 0. The SMILES string of the molecule is COc1ccc([Si](C)(C)[C@H]2[C@H](CCn3cc(C(CO)c4ccccc4)nn3)O[C@@]3(C(=O)N(C/C=C(\C)CCC=C(C)C)c4ccc(N5CN(c6ccccc6)C6(CCNCC6)C5=O)cc43)[C@@H]2C)cc1. The van der Waals surface area contributed by atoms with Gasteiger partial charge in [-0.1, -0.05) is 114 Å². The van der Waals surface area contributed by atoms with E-state index in [9.17, 15) is 5.11 Å². The number of fused-ring (bicyclic) bond motifs is 2. The second kappa shape index (κ2) is 19.9. The summed E-state index contributed by atoms with van der Waals surface area (Å²) in [5, 5.41) is 24.3. The van der Waals surface area contributed by atoms with Gasteiger partial charge in [-0.2, -0.15) is 0 Å². The maximum absolute atomic E-state index is 15.9. The fraction of sp³-hybridized carbons (Fsp3) is 0.429. The van der Waals surface area contributed by atoms with Crippen molar-refractivity contribution in [2.24, 2.45) is 5.92 Å². The number of allylic oxidation sites excluding steroid dienone is 3. The summed E-state index contributed by atoms with van der Waals surface area (Å²) < 4.78 is 15.1. The number of piperidine rings is 1. The third-order valence-electron chi connectivity index (χ3n) is 15.7. The zero-order chi connectivity index (χ0) is 48.5. The zero-order valence-electron chi connectivity index (χ0n) is 41.4. The van der Waals surface area contributed by atoms with Crippen LogP contribution in [0.1, 0.15) is 82.5 Å². The van der Waals surface area contributed by atoms with Gasteiger partial charge in [-0.15, -0.1) is 5.10 Å². The Morgan fingerprint density at radius 3 is 2.32 bits per heavy atom. The number of aromatic nitrogens is 3. The summed E-state index contributed by atoms with van der Waals surface area (Å²) in [4.78, 5) is 37.1. The number of carbonyl (C=O) groups is 2. The molecule has 9 rings (SSSR count). The lowest BCUT2D eigenvalue weighted by molar-refractivity contribution is -0.145. The minimum atomic E-state index is -2.48. The number of hydrogen-bond donors (Lipinski definition) is 2. The summed E-state index contributed by atoms with van der Waals surface area (Å²) in [6.07, 6.45) is 9.88. The predicted octanol–water partition coefficient (Wildman–Crippen LogP) is 8.69. The van der Waals surface area contributed by atoms with E-state index in [1.807, 2.05) is 87.4 Å². The van der Waals surface area contributed by atoms with E-state index in [2.05, 4.69) is 110 Å². The van der Waals surface area contributed by atoms with Crippen LogP contribution in [0.4, 0.5) is 17.1 Å². The second-order valence-corrected chi connectivity index (χ2v) is 25.1. The van der Waals surface area contributed by atoms with E-state index in [-0.39, 0.29) is 41.9 Å². The number of nitrogens with zero attached hydrogens (tertiary/aromatic N) is 6. The minimum Gasteiger partial charge on any atom is -0.497 e. The molecule has 5 aromatic rings. The van der Waals surface area contributed by atoms with Crippen molar-refractivity contribution >= 4 is 42.1 Å². The molecule has 0 bridgehead atoms. The summed E-state index contributed by atoms with van der Waals surface area (Å²) in [5.41, 5.74) is 5.63. The molecule has 4 aliphatic heterocycles. The van der Waals surface area contributed by atoms with E-state index in [0.717, 1.165) is 59.9 Å². The Labute approximate surface area is 409 Å². The van der Waals surface area contributed by atoms with Crippen molar-refractivity contribution in [1.82, 2.24) is 20.3 Å². The number of hydrogen-bond acceptors (Lipinski definition) is 9. The minimum absolute atomic E-state index is 0.00912. The topological polar surface area (TPSA) is 125 Å². The van der Waals surface area contributed by atoms with Gasteiger partial charge in [0, 0.05) is 42.1 Å². The van der Waals surface area contributed by atoms with Crippen LogP contribution in [-0.4, -0.2) is 91.7 Å². The van der Waals surface area contributed by atoms with Crippen molar-refractivity contribution in [1.29, 1.82) is 0 Å². The van der Waals surface area contributed by atoms with Crippen molar-refractivity contribution in [3.8, 4) is 5.75 Å². The number of anilines is 3. The molecule has 2 spiro atoms. The highest BCUT2D eigenvalue weighted by atomic mass is 28.3. The van der Waals surface area contributed by atoms with Crippen LogP contribution >= 0.6 is 0 Å². The number of nitrogens with one attached hydrogen (secondary N) is 1. The fourth-order valence-corrected chi connectivity index (χ4v) is 16.0.